The number of hydrogen-bond donors (Lipinski definition) is 0. The van der Waals surface area contributed by atoms with Crippen molar-refractivity contribution in [3.8, 4) is 0 Å². The van der Waals surface area contributed by atoms with E-state index in [0.717, 1.165) is 11.1 Å². The zero-order valence-corrected chi connectivity index (χ0v) is 11.6. The predicted octanol–water partition coefficient (Wildman–Crippen LogP) is 2.03. The lowest BCUT2D eigenvalue weighted by molar-refractivity contribution is -0.145. The molecule has 0 N–H and O–H groups in total. The molecule has 0 saturated heterocycles. The fourth-order valence-electron chi connectivity index (χ4n) is 1.61. The van der Waals surface area contributed by atoms with E-state index in [9.17, 15) is 9.59 Å². The summed E-state index contributed by atoms with van der Waals surface area (Å²) in [6.45, 7) is 4.26. The summed E-state index contributed by atoms with van der Waals surface area (Å²) in [7, 11) is 1.31. The van der Waals surface area contributed by atoms with Gasteiger partial charge in [-0.1, -0.05) is 29.8 Å². The van der Waals surface area contributed by atoms with Crippen LogP contribution in [0.15, 0.2) is 30.3 Å². The van der Waals surface area contributed by atoms with Gasteiger partial charge in [-0.05, 0) is 25.5 Å². The summed E-state index contributed by atoms with van der Waals surface area (Å²) in [4.78, 5) is 24.5. The number of methoxy groups -OCH3 is 1. The first-order valence-corrected chi connectivity index (χ1v) is 6.17. The minimum Gasteiger partial charge on any atom is -0.468 e. The highest BCUT2D eigenvalue weighted by atomic mass is 16.5. The van der Waals surface area contributed by atoms with Crippen molar-refractivity contribution in [2.24, 2.45) is 0 Å². The maximum absolute atomic E-state index is 11.9. The summed E-state index contributed by atoms with van der Waals surface area (Å²) < 4.78 is 4.55. The number of rotatable bonds is 5. The molecule has 1 aromatic rings. The molecule has 0 aromatic heterocycles. The van der Waals surface area contributed by atoms with Crippen molar-refractivity contribution in [2.75, 3.05) is 20.2 Å². The van der Waals surface area contributed by atoms with E-state index in [2.05, 4.69) is 4.74 Å². The Kier molecular flexibility index (Phi) is 5.79. The van der Waals surface area contributed by atoms with Gasteiger partial charge in [-0.15, -0.1) is 0 Å². The number of ether oxygens (including phenoxy) is 1. The molecule has 0 saturated carbocycles. The van der Waals surface area contributed by atoms with E-state index in [1.165, 1.54) is 18.1 Å². The summed E-state index contributed by atoms with van der Waals surface area (Å²) in [5.41, 5.74) is 2.10. The fourth-order valence-corrected chi connectivity index (χ4v) is 1.61. The van der Waals surface area contributed by atoms with Crippen molar-refractivity contribution < 1.29 is 14.3 Å². The van der Waals surface area contributed by atoms with Gasteiger partial charge in [0.1, 0.15) is 6.54 Å². The summed E-state index contributed by atoms with van der Waals surface area (Å²) in [6, 6.07) is 7.84. The van der Waals surface area contributed by atoms with E-state index < -0.39 is 5.97 Å². The lowest BCUT2D eigenvalue weighted by Crippen LogP contribution is -2.34. The summed E-state index contributed by atoms with van der Waals surface area (Å²) in [5, 5.41) is 0. The van der Waals surface area contributed by atoms with Crippen LogP contribution in [0.4, 0.5) is 0 Å². The second kappa shape index (κ2) is 7.36. The average Bonchev–Trinajstić information content (AvgIpc) is 2.41. The van der Waals surface area contributed by atoms with Crippen LogP contribution in [-0.2, 0) is 14.3 Å². The zero-order chi connectivity index (χ0) is 14.3. The molecule has 1 rings (SSSR count). The van der Waals surface area contributed by atoms with Gasteiger partial charge in [-0.3, -0.25) is 9.59 Å². The maximum Gasteiger partial charge on any atom is 0.325 e. The standard InChI is InChI=1S/C15H19NO3/c1-4-16(11-15(18)19-3)14(17)9-8-13-7-5-6-12(2)10-13/h5-10H,4,11H2,1-3H3. The Labute approximate surface area is 113 Å². The van der Waals surface area contributed by atoms with Crippen LogP contribution in [0.3, 0.4) is 0 Å². The van der Waals surface area contributed by atoms with E-state index in [1.807, 2.05) is 38.1 Å². The van der Waals surface area contributed by atoms with Gasteiger partial charge in [0, 0.05) is 12.6 Å². The number of benzene rings is 1. The highest BCUT2D eigenvalue weighted by Crippen LogP contribution is 2.06. The largest absolute Gasteiger partial charge is 0.468 e. The number of nitrogens with zero attached hydrogens (tertiary/aromatic N) is 1. The van der Waals surface area contributed by atoms with Crippen LogP contribution < -0.4 is 0 Å². The third kappa shape index (κ3) is 4.95. The Morgan fingerprint density at radius 2 is 2.11 bits per heavy atom. The first-order valence-electron chi connectivity index (χ1n) is 6.17. The van der Waals surface area contributed by atoms with Crippen LogP contribution in [0, 0.1) is 6.92 Å². The van der Waals surface area contributed by atoms with Crippen molar-refractivity contribution in [2.45, 2.75) is 13.8 Å². The van der Waals surface area contributed by atoms with Gasteiger partial charge in [-0.25, -0.2) is 0 Å². The second-order valence-corrected chi connectivity index (χ2v) is 4.18. The molecule has 0 spiro atoms. The number of likely N-dealkylation sites (N-methyl/N-ethyl adjacent to an activating group) is 1. The quantitative estimate of drug-likeness (QED) is 0.602. The van der Waals surface area contributed by atoms with Crippen molar-refractivity contribution >= 4 is 18.0 Å². The number of hydrogen-bond acceptors (Lipinski definition) is 3. The SMILES string of the molecule is CCN(CC(=O)OC)C(=O)C=Cc1cccc(C)c1. The van der Waals surface area contributed by atoms with Crippen molar-refractivity contribution in [1.82, 2.24) is 4.90 Å². The van der Waals surface area contributed by atoms with Crippen molar-refractivity contribution in [1.29, 1.82) is 0 Å². The van der Waals surface area contributed by atoms with E-state index >= 15 is 0 Å². The molecule has 0 aliphatic heterocycles. The van der Waals surface area contributed by atoms with Crippen LogP contribution in [0.2, 0.25) is 0 Å². The normalized spacial score (nSPS) is 10.5. The molecule has 1 aromatic carbocycles. The van der Waals surface area contributed by atoms with Crippen molar-refractivity contribution in [3.63, 3.8) is 0 Å². The highest BCUT2D eigenvalue weighted by molar-refractivity contribution is 5.93. The molecule has 102 valence electrons. The Morgan fingerprint density at radius 3 is 2.68 bits per heavy atom. The molecule has 0 atom stereocenters. The van der Waals surface area contributed by atoms with Gasteiger partial charge in [0.05, 0.1) is 7.11 Å². The van der Waals surface area contributed by atoms with Gasteiger partial charge in [-0.2, -0.15) is 0 Å². The molecule has 1 amide bonds. The monoisotopic (exact) mass is 261 g/mol. The molecule has 0 aliphatic rings. The van der Waals surface area contributed by atoms with Crippen LogP contribution in [0.25, 0.3) is 6.08 Å². The van der Waals surface area contributed by atoms with E-state index in [-0.39, 0.29) is 12.5 Å². The van der Waals surface area contributed by atoms with Gasteiger partial charge >= 0.3 is 5.97 Å². The highest BCUT2D eigenvalue weighted by Gasteiger charge is 2.12. The molecular formula is C15H19NO3. The minimum absolute atomic E-state index is 0.0238. The number of carbonyl (C=O) groups is 2. The molecule has 4 nitrogen and oxygen atoms in total. The van der Waals surface area contributed by atoms with Crippen LogP contribution in [0.5, 0.6) is 0 Å². The maximum atomic E-state index is 11.9. The molecule has 0 heterocycles. The lowest BCUT2D eigenvalue weighted by Gasteiger charge is -2.17. The van der Waals surface area contributed by atoms with Crippen LogP contribution in [-0.4, -0.2) is 37.0 Å². The lowest BCUT2D eigenvalue weighted by atomic mass is 10.1. The third-order valence-electron chi connectivity index (χ3n) is 2.70. The molecule has 4 heteroatoms. The number of esters is 1. The zero-order valence-electron chi connectivity index (χ0n) is 11.6. The number of amides is 1. The third-order valence-corrected chi connectivity index (χ3v) is 2.70. The van der Waals surface area contributed by atoms with E-state index in [0.29, 0.717) is 6.54 Å². The molecule has 19 heavy (non-hydrogen) atoms. The Balaban J connectivity index is 2.69. The Bertz CT molecular complexity index is 480. The summed E-state index contributed by atoms with van der Waals surface area (Å²) in [6.07, 6.45) is 3.22. The van der Waals surface area contributed by atoms with Crippen molar-refractivity contribution in [3.05, 3.63) is 41.5 Å². The first-order chi connectivity index (χ1) is 9.06. The summed E-state index contributed by atoms with van der Waals surface area (Å²) >= 11 is 0. The molecule has 0 aliphatic carbocycles. The Morgan fingerprint density at radius 1 is 1.37 bits per heavy atom. The van der Waals surface area contributed by atoms with E-state index in [4.69, 9.17) is 0 Å². The van der Waals surface area contributed by atoms with Gasteiger partial charge in [0.2, 0.25) is 5.91 Å². The average molecular weight is 261 g/mol. The molecule has 0 bridgehead atoms. The van der Waals surface area contributed by atoms with Crippen LogP contribution >= 0.6 is 0 Å². The number of aryl methyl sites for hydroxylation is 1. The first kappa shape index (κ1) is 15.0. The Hall–Kier alpha value is -2.10. The topological polar surface area (TPSA) is 46.6 Å². The second-order valence-electron chi connectivity index (χ2n) is 4.18. The molecular weight excluding hydrogens is 242 g/mol. The van der Waals surface area contributed by atoms with Gasteiger partial charge < -0.3 is 9.64 Å². The molecule has 0 fully saturated rings. The van der Waals surface area contributed by atoms with Crippen LogP contribution in [0.1, 0.15) is 18.1 Å². The minimum atomic E-state index is -0.417. The molecule has 0 radical (unpaired) electrons. The van der Waals surface area contributed by atoms with Gasteiger partial charge in [0.25, 0.3) is 0 Å². The smallest absolute Gasteiger partial charge is 0.325 e. The fraction of sp³-hybridized carbons (Fsp3) is 0.333. The number of carbonyl (C=O) groups excluding carboxylic acids is 2. The van der Waals surface area contributed by atoms with E-state index in [1.54, 1.807) is 6.08 Å². The predicted molar refractivity (Wildman–Crippen MR) is 74.5 cm³/mol. The van der Waals surface area contributed by atoms with Gasteiger partial charge in [0.15, 0.2) is 0 Å². The molecule has 0 unspecified atom stereocenters. The summed E-state index contributed by atoms with van der Waals surface area (Å²) in [5.74, 6) is -0.617.